The predicted octanol–water partition coefficient (Wildman–Crippen LogP) is 5.00. The summed E-state index contributed by atoms with van der Waals surface area (Å²) >= 11 is 19.0. The second kappa shape index (κ2) is 6.77. The van der Waals surface area contributed by atoms with E-state index in [2.05, 4.69) is 51.9 Å². The van der Waals surface area contributed by atoms with E-state index in [4.69, 9.17) is 23.2 Å². The summed E-state index contributed by atoms with van der Waals surface area (Å²) in [5.74, 6) is 0.748. The van der Waals surface area contributed by atoms with Crippen LogP contribution in [0.5, 0.6) is 0 Å². The lowest BCUT2D eigenvalue weighted by atomic mass is 10.2. The molecule has 4 aromatic rings. The van der Waals surface area contributed by atoms with Crippen LogP contribution in [-0.2, 0) is 0 Å². The standard InChI is InChI=1S/C16H7Br2Cl2N5O/c17-9-5-7(19)4-8-13(9)22-14(23-16(8)26)11-6-12(18)24-25(11)15-10(20)2-1-3-21-15/h1-6H,(H,22,23,26). The first kappa shape index (κ1) is 17.7. The van der Waals surface area contributed by atoms with Gasteiger partial charge in [-0.1, -0.05) is 23.2 Å². The van der Waals surface area contributed by atoms with Crippen LogP contribution in [0.2, 0.25) is 10.0 Å². The maximum atomic E-state index is 12.5. The van der Waals surface area contributed by atoms with E-state index in [0.717, 1.165) is 0 Å². The van der Waals surface area contributed by atoms with Crippen LogP contribution in [0, 0.1) is 0 Å². The summed E-state index contributed by atoms with van der Waals surface area (Å²) in [4.78, 5) is 24.1. The molecule has 0 aliphatic rings. The first-order valence-corrected chi connectivity index (χ1v) is 9.54. The molecule has 0 saturated heterocycles. The van der Waals surface area contributed by atoms with Gasteiger partial charge in [-0.3, -0.25) is 4.79 Å². The van der Waals surface area contributed by atoms with E-state index in [1.807, 2.05) is 0 Å². The van der Waals surface area contributed by atoms with Gasteiger partial charge in [-0.2, -0.15) is 5.10 Å². The van der Waals surface area contributed by atoms with E-state index in [-0.39, 0.29) is 5.56 Å². The van der Waals surface area contributed by atoms with E-state index >= 15 is 0 Å². The van der Waals surface area contributed by atoms with Gasteiger partial charge in [0.15, 0.2) is 11.6 Å². The summed E-state index contributed by atoms with van der Waals surface area (Å²) in [5, 5.41) is 5.60. The molecule has 0 unspecified atom stereocenters. The van der Waals surface area contributed by atoms with Gasteiger partial charge in [0.2, 0.25) is 0 Å². The van der Waals surface area contributed by atoms with Crippen LogP contribution in [0.25, 0.3) is 28.2 Å². The number of rotatable bonds is 2. The molecule has 3 aromatic heterocycles. The Bertz CT molecular complexity index is 1220. The fourth-order valence-electron chi connectivity index (χ4n) is 2.50. The zero-order chi connectivity index (χ0) is 18.4. The average molecular weight is 516 g/mol. The van der Waals surface area contributed by atoms with E-state index in [1.54, 1.807) is 36.5 Å². The van der Waals surface area contributed by atoms with E-state index < -0.39 is 0 Å². The van der Waals surface area contributed by atoms with Gasteiger partial charge in [0.05, 0.1) is 15.9 Å². The van der Waals surface area contributed by atoms with Crippen molar-refractivity contribution in [3.8, 4) is 17.3 Å². The van der Waals surface area contributed by atoms with Crippen LogP contribution in [0.4, 0.5) is 0 Å². The topological polar surface area (TPSA) is 76.5 Å². The zero-order valence-corrected chi connectivity index (χ0v) is 17.4. The van der Waals surface area contributed by atoms with E-state index in [1.165, 1.54) is 4.68 Å². The number of fused-ring (bicyclic) bond motifs is 1. The van der Waals surface area contributed by atoms with Crippen molar-refractivity contribution in [3.63, 3.8) is 0 Å². The Morgan fingerprint density at radius 2 is 1.96 bits per heavy atom. The summed E-state index contributed by atoms with van der Waals surface area (Å²) in [6.45, 7) is 0. The minimum atomic E-state index is -0.316. The molecule has 0 aliphatic heterocycles. The maximum absolute atomic E-state index is 12.5. The highest BCUT2D eigenvalue weighted by Gasteiger charge is 2.18. The molecule has 0 fully saturated rings. The van der Waals surface area contributed by atoms with Crippen LogP contribution >= 0.6 is 55.1 Å². The van der Waals surface area contributed by atoms with Gasteiger partial charge >= 0.3 is 0 Å². The number of nitrogens with zero attached hydrogens (tertiary/aromatic N) is 4. The van der Waals surface area contributed by atoms with Crippen LogP contribution in [0.3, 0.4) is 0 Å². The second-order valence-electron chi connectivity index (χ2n) is 5.27. The van der Waals surface area contributed by atoms with Crippen molar-refractivity contribution in [3.05, 3.63) is 66.0 Å². The minimum absolute atomic E-state index is 0.316. The van der Waals surface area contributed by atoms with Crippen LogP contribution in [-0.4, -0.2) is 24.7 Å². The number of hydrogen-bond acceptors (Lipinski definition) is 4. The molecule has 1 aromatic carbocycles. The normalized spacial score (nSPS) is 11.2. The molecule has 0 atom stereocenters. The van der Waals surface area contributed by atoms with Gasteiger partial charge in [0, 0.05) is 21.8 Å². The van der Waals surface area contributed by atoms with Crippen molar-refractivity contribution in [2.75, 3.05) is 0 Å². The van der Waals surface area contributed by atoms with Crippen molar-refractivity contribution in [1.29, 1.82) is 0 Å². The highest BCUT2D eigenvalue weighted by molar-refractivity contribution is 9.10. The number of aromatic amines is 1. The lowest BCUT2D eigenvalue weighted by molar-refractivity contribution is 0.838. The predicted molar refractivity (Wildman–Crippen MR) is 108 cm³/mol. The summed E-state index contributed by atoms with van der Waals surface area (Å²) in [5.41, 5.74) is 0.701. The van der Waals surface area contributed by atoms with Crippen molar-refractivity contribution < 1.29 is 0 Å². The highest BCUT2D eigenvalue weighted by Crippen LogP contribution is 2.29. The fraction of sp³-hybridized carbons (Fsp3) is 0. The SMILES string of the molecule is O=c1[nH]c(-c2cc(Br)nn2-c2ncccc2Cl)nc2c(Br)cc(Cl)cc12. The van der Waals surface area contributed by atoms with Crippen molar-refractivity contribution in [1.82, 2.24) is 24.7 Å². The Morgan fingerprint density at radius 3 is 2.73 bits per heavy atom. The molecule has 0 bridgehead atoms. The van der Waals surface area contributed by atoms with E-state index in [9.17, 15) is 4.79 Å². The Kier molecular flexibility index (Phi) is 4.60. The second-order valence-corrected chi connectivity index (χ2v) is 7.78. The molecule has 6 nitrogen and oxygen atoms in total. The average Bonchev–Trinajstić information content (AvgIpc) is 2.97. The smallest absolute Gasteiger partial charge is 0.259 e. The van der Waals surface area contributed by atoms with Gasteiger partial charge in [0.1, 0.15) is 10.3 Å². The molecular weight excluding hydrogens is 509 g/mol. The van der Waals surface area contributed by atoms with Crippen LogP contribution < -0.4 is 5.56 Å². The number of benzene rings is 1. The third-order valence-corrected chi connectivity index (χ3v) is 5.10. The number of aromatic nitrogens is 5. The third-order valence-electron chi connectivity index (χ3n) is 3.59. The molecule has 130 valence electrons. The van der Waals surface area contributed by atoms with Crippen molar-refractivity contribution >= 4 is 66.0 Å². The van der Waals surface area contributed by atoms with Crippen molar-refractivity contribution in [2.45, 2.75) is 0 Å². The number of halogens is 4. The summed E-state index contributed by atoms with van der Waals surface area (Å²) in [6.07, 6.45) is 1.61. The lowest BCUT2D eigenvalue weighted by Crippen LogP contribution is -2.12. The highest BCUT2D eigenvalue weighted by atomic mass is 79.9. The number of pyridine rings is 1. The Morgan fingerprint density at radius 1 is 1.15 bits per heavy atom. The van der Waals surface area contributed by atoms with Crippen LogP contribution in [0.1, 0.15) is 0 Å². The molecule has 0 saturated carbocycles. The number of nitrogens with one attached hydrogen (secondary N) is 1. The number of hydrogen-bond donors (Lipinski definition) is 1. The maximum Gasteiger partial charge on any atom is 0.259 e. The lowest BCUT2D eigenvalue weighted by Gasteiger charge is -2.08. The molecule has 0 amide bonds. The quantitative estimate of drug-likeness (QED) is 0.407. The van der Waals surface area contributed by atoms with E-state index in [0.29, 0.717) is 47.4 Å². The molecule has 0 spiro atoms. The zero-order valence-electron chi connectivity index (χ0n) is 12.7. The summed E-state index contributed by atoms with van der Waals surface area (Å²) in [6, 6.07) is 8.40. The number of H-pyrrole nitrogens is 1. The largest absolute Gasteiger partial charge is 0.305 e. The summed E-state index contributed by atoms with van der Waals surface area (Å²) < 4.78 is 2.68. The van der Waals surface area contributed by atoms with Gasteiger partial charge in [-0.05, 0) is 56.1 Å². The molecule has 10 heteroatoms. The molecular formula is C16H7Br2Cl2N5O. The van der Waals surface area contributed by atoms with Gasteiger partial charge in [-0.15, -0.1) is 0 Å². The van der Waals surface area contributed by atoms with Crippen LogP contribution in [0.15, 0.2) is 50.4 Å². The fourth-order valence-corrected chi connectivity index (χ4v) is 3.98. The molecule has 1 N–H and O–H groups in total. The Balaban J connectivity index is 2.01. The molecule has 26 heavy (non-hydrogen) atoms. The molecule has 4 rings (SSSR count). The molecule has 3 heterocycles. The molecule has 0 aliphatic carbocycles. The third kappa shape index (κ3) is 3.07. The monoisotopic (exact) mass is 513 g/mol. The summed E-state index contributed by atoms with van der Waals surface area (Å²) in [7, 11) is 0. The van der Waals surface area contributed by atoms with Crippen molar-refractivity contribution in [2.24, 2.45) is 0 Å². The van der Waals surface area contributed by atoms with Gasteiger partial charge in [-0.25, -0.2) is 14.6 Å². The first-order chi connectivity index (χ1) is 12.4. The van der Waals surface area contributed by atoms with Gasteiger partial charge < -0.3 is 4.98 Å². The Labute approximate surface area is 173 Å². The van der Waals surface area contributed by atoms with Gasteiger partial charge in [0.25, 0.3) is 5.56 Å². The Hall–Kier alpha value is -1.74. The minimum Gasteiger partial charge on any atom is -0.305 e. The molecule has 0 radical (unpaired) electrons. The first-order valence-electron chi connectivity index (χ1n) is 7.20.